The second-order valence-electron chi connectivity index (χ2n) is 7.23. The highest BCUT2D eigenvalue weighted by atomic mass is 32.2. The molecule has 0 saturated heterocycles. The van der Waals surface area contributed by atoms with Crippen molar-refractivity contribution in [1.82, 2.24) is 9.97 Å². The molecule has 1 N–H and O–H groups in total. The Bertz CT molecular complexity index is 1420. The number of aromatic nitrogens is 2. The molecule has 2 aromatic heterocycles. The van der Waals surface area contributed by atoms with Crippen molar-refractivity contribution in [3.05, 3.63) is 59.2 Å². The van der Waals surface area contributed by atoms with Gasteiger partial charge in [-0.05, 0) is 56.3 Å². The molecule has 4 aromatic rings. The number of aryl methyl sites for hydroxylation is 2. The fraction of sp³-hybridized carbons (Fsp3) is 0.190. The molecule has 1 aliphatic rings. The molecule has 3 heterocycles. The molecule has 0 saturated carbocycles. The molecule has 1 unspecified atom stereocenters. The van der Waals surface area contributed by atoms with Gasteiger partial charge in [0, 0.05) is 29.2 Å². The molecule has 0 spiro atoms. The van der Waals surface area contributed by atoms with E-state index in [1.165, 1.54) is 15.6 Å². The van der Waals surface area contributed by atoms with Gasteiger partial charge < -0.3 is 4.98 Å². The predicted octanol–water partition coefficient (Wildman–Crippen LogP) is 4.22. The number of aromatic amines is 1. The third kappa shape index (κ3) is 3.17. The molecule has 0 aliphatic carbocycles. The first kappa shape index (κ1) is 19.5. The van der Waals surface area contributed by atoms with Gasteiger partial charge in [-0.15, -0.1) is 11.3 Å². The van der Waals surface area contributed by atoms with Crippen LogP contribution in [-0.2, 0) is 20.8 Å². The number of rotatable bonds is 3. The molecule has 2 aromatic carbocycles. The summed E-state index contributed by atoms with van der Waals surface area (Å²) in [5, 5.41) is 0.893. The van der Waals surface area contributed by atoms with Crippen LogP contribution in [0.4, 0.5) is 5.69 Å². The highest BCUT2D eigenvalue weighted by Crippen LogP contribution is 2.37. The summed E-state index contributed by atoms with van der Waals surface area (Å²) in [6, 6.07) is 14.4. The molecule has 0 fully saturated rings. The predicted molar refractivity (Wildman–Crippen MR) is 121 cm³/mol. The summed E-state index contributed by atoms with van der Waals surface area (Å²) in [7, 11) is -5.04. The molecule has 154 valence electrons. The zero-order valence-corrected chi connectivity index (χ0v) is 18.8. The second kappa shape index (κ2) is 7.04. The number of sulfonamides is 1. The van der Waals surface area contributed by atoms with Gasteiger partial charge in [-0.1, -0.05) is 6.07 Å². The van der Waals surface area contributed by atoms with Crippen LogP contribution in [0.5, 0.6) is 0 Å². The van der Waals surface area contributed by atoms with Crippen molar-refractivity contribution in [2.75, 3.05) is 16.6 Å². The zero-order valence-electron chi connectivity index (χ0n) is 16.4. The van der Waals surface area contributed by atoms with E-state index in [2.05, 4.69) is 9.97 Å². The van der Waals surface area contributed by atoms with Crippen molar-refractivity contribution in [3.8, 4) is 11.3 Å². The average Bonchev–Trinajstić information content (AvgIpc) is 3.31. The van der Waals surface area contributed by atoms with E-state index in [9.17, 15) is 12.6 Å². The number of hydrogen-bond donors (Lipinski definition) is 1. The topological polar surface area (TPSA) is 83.1 Å². The lowest BCUT2D eigenvalue weighted by molar-refractivity contribution is 0.591. The molecule has 1 aliphatic heterocycles. The number of benzene rings is 2. The smallest absolute Gasteiger partial charge is 0.264 e. The standard InChI is InChI=1S/C21H19N3O3S3/c1-13-3-6-17(22-13)15-4-8-21-19(11-15)24(9-10-29(21)25)30(26,27)16-5-7-18-20(12-16)28-14(2)23-18/h3-8,11-12,22H,9-10H2,1-2H3. The lowest BCUT2D eigenvalue weighted by Gasteiger charge is -2.30. The maximum atomic E-state index is 13.6. The minimum atomic E-state index is -3.81. The van der Waals surface area contributed by atoms with Crippen LogP contribution < -0.4 is 4.31 Å². The first-order valence-electron chi connectivity index (χ1n) is 9.41. The lowest BCUT2D eigenvalue weighted by Crippen LogP contribution is -2.38. The van der Waals surface area contributed by atoms with E-state index < -0.39 is 20.8 Å². The number of fused-ring (bicyclic) bond motifs is 2. The molecule has 30 heavy (non-hydrogen) atoms. The molecule has 0 bridgehead atoms. The number of H-pyrrole nitrogens is 1. The maximum Gasteiger partial charge on any atom is 0.264 e. The summed E-state index contributed by atoms with van der Waals surface area (Å²) in [5.74, 6) is 0.273. The van der Waals surface area contributed by atoms with Crippen LogP contribution in [0.3, 0.4) is 0 Å². The molecule has 0 amide bonds. The Hall–Kier alpha value is -2.49. The van der Waals surface area contributed by atoms with Crippen molar-refractivity contribution in [2.45, 2.75) is 23.6 Å². The minimum Gasteiger partial charge on any atom is -0.359 e. The normalized spacial score (nSPS) is 16.7. The zero-order chi connectivity index (χ0) is 21.0. The Morgan fingerprint density at radius 2 is 1.93 bits per heavy atom. The summed E-state index contributed by atoms with van der Waals surface area (Å²) in [5.41, 5.74) is 4.04. The summed E-state index contributed by atoms with van der Waals surface area (Å²) in [6.07, 6.45) is 0. The third-order valence-corrected chi connectivity index (χ3v) is 9.28. The molecule has 1 atom stereocenters. The highest BCUT2D eigenvalue weighted by Gasteiger charge is 2.32. The summed E-state index contributed by atoms with van der Waals surface area (Å²) in [4.78, 5) is 8.45. The van der Waals surface area contributed by atoms with Gasteiger partial charge in [0.15, 0.2) is 0 Å². The van der Waals surface area contributed by atoms with Crippen LogP contribution in [0, 0.1) is 13.8 Å². The van der Waals surface area contributed by atoms with E-state index in [0.29, 0.717) is 10.6 Å². The number of thiazole rings is 1. The van der Waals surface area contributed by atoms with Gasteiger partial charge >= 0.3 is 0 Å². The van der Waals surface area contributed by atoms with Crippen molar-refractivity contribution >= 4 is 48.1 Å². The van der Waals surface area contributed by atoms with Crippen molar-refractivity contribution in [2.24, 2.45) is 0 Å². The van der Waals surface area contributed by atoms with Crippen molar-refractivity contribution in [1.29, 1.82) is 0 Å². The van der Waals surface area contributed by atoms with E-state index >= 15 is 0 Å². The van der Waals surface area contributed by atoms with Gasteiger partial charge in [0.05, 0.1) is 41.5 Å². The largest absolute Gasteiger partial charge is 0.359 e. The fourth-order valence-electron chi connectivity index (χ4n) is 3.70. The quantitative estimate of drug-likeness (QED) is 0.499. The third-order valence-electron chi connectivity index (χ3n) is 5.15. The number of hydrogen-bond acceptors (Lipinski definition) is 5. The van der Waals surface area contributed by atoms with E-state index in [1.807, 2.05) is 38.1 Å². The molecule has 9 heteroatoms. The first-order valence-corrected chi connectivity index (χ1v) is 13.0. The monoisotopic (exact) mass is 457 g/mol. The maximum absolute atomic E-state index is 13.6. The van der Waals surface area contributed by atoms with Crippen molar-refractivity contribution in [3.63, 3.8) is 0 Å². The van der Waals surface area contributed by atoms with E-state index in [1.54, 1.807) is 24.3 Å². The first-order chi connectivity index (χ1) is 14.3. The molecular formula is C21H19N3O3S3. The second-order valence-corrected chi connectivity index (χ2v) is 11.9. The van der Waals surface area contributed by atoms with Crippen LogP contribution in [0.2, 0.25) is 0 Å². The average molecular weight is 458 g/mol. The Kier molecular flexibility index (Phi) is 4.57. The van der Waals surface area contributed by atoms with Crippen LogP contribution in [0.1, 0.15) is 10.7 Å². The van der Waals surface area contributed by atoms with Crippen molar-refractivity contribution < 1.29 is 12.6 Å². The summed E-state index contributed by atoms with van der Waals surface area (Å²) < 4.78 is 41.9. The fourth-order valence-corrected chi connectivity index (χ4v) is 7.51. The molecule has 5 rings (SSSR count). The number of nitrogens with one attached hydrogen (secondary N) is 1. The van der Waals surface area contributed by atoms with Crippen LogP contribution >= 0.6 is 11.3 Å². The van der Waals surface area contributed by atoms with Gasteiger partial charge in [-0.2, -0.15) is 0 Å². The van der Waals surface area contributed by atoms with E-state index in [0.717, 1.165) is 32.2 Å². The van der Waals surface area contributed by atoms with E-state index in [4.69, 9.17) is 0 Å². The van der Waals surface area contributed by atoms with E-state index in [-0.39, 0.29) is 17.2 Å². The minimum absolute atomic E-state index is 0.176. The number of anilines is 1. The Balaban J connectivity index is 1.64. The van der Waals surface area contributed by atoms with Gasteiger partial charge in [0.25, 0.3) is 10.0 Å². The Morgan fingerprint density at radius 1 is 1.10 bits per heavy atom. The Labute approximate surface area is 181 Å². The molecule has 0 radical (unpaired) electrons. The SMILES string of the molecule is Cc1ccc(-c2ccc3c(c2)N(S(=O)(=O)c2ccc4nc(C)sc4c2)CCS3=O)[nH]1. The lowest BCUT2D eigenvalue weighted by atomic mass is 10.1. The van der Waals surface area contributed by atoms with Crippen LogP contribution in [0.25, 0.3) is 21.5 Å². The Morgan fingerprint density at radius 3 is 2.70 bits per heavy atom. The molecule has 6 nitrogen and oxygen atoms in total. The van der Waals surface area contributed by atoms with Gasteiger partial charge in [-0.3, -0.25) is 8.51 Å². The molecular weight excluding hydrogens is 438 g/mol. The van der Waals surface area contributed by atoms with Gasteiger partial charge in [-0.25, -0.2) is 13.4 Å². The number of nitrogens with zero attached hydrogens (tertiary/aromatic N) is 2. The van der Waals surface area contributed by atoms with Gasteiger partial charge in [0.2, 0.25) is 0 Å². The van der Waals surface area contributed by atoms with Crippen LogP contribution in [-0.4, -0.2) is 34.9 Å². The van der Waals surface area contributed by atoms with Gasteiger partial charge in [0.1, 0.15) is 0 Å². The highest BCUT2D eigenvalue weighted by molar-refractivity contribution is 7.93. The summed E-state index contributed by atoms with van der Waals surface area (Å²) in [6.45, 7) is 4.04. The van der Waals surface area contributed by atoms with Crippen LogP contribution in [0.15, 0.2) is 58.3 Å². The summed E-state index contributed by atoms with van der Waals surface area (Å²) >= 11 is 1.47.